The maximum absolute atomic E-state index is 12.8. The zero-order chi connectivity index (χ0) is 19.5. The van der Waals surface area contributed by atoms with E-state index >= 15 is 0 Å². The summed E-state index contributed by atoms with van der Waals surface area (Å²) < 4.78 is 4.96. The standard InChI is InChI=1S/C20H19N3O4S/c24-18(17-12-28-13-23(17)19(25)14-5-2-1-3-6-14)21-15-7-4-8-16(11-15)22-9-10-27-20(22)26/h1-8,11,17H,9-10,12-13H2,(H,21,24). The van der Waals surface area contributed by atoms with Crippen molar-refractivity contribution in [2.75, 3.05) is 35.0 Å². The second-order valence-corrected chi connectivity index (χ2v) is 7.46. The average molecular weight is 397 g/mol. The molecule has 1 N–H and O–H groups in total. The third-order valence-corrected chi connectivity index (χ3v) is 5.66. The van der Waals surface area contributed by atoms with E-state index in [4.69, 9.17) is 4.74 Å². The Kier molecular flexibility index (Phi) is 5.21. The number of nitrogens with one attached hydrogen (secondary N) is 1. The molecule has 8 heteroatoms. The first-order valence-corrected chi connectivity index (χ1v) is 10.1. The normalized spacial score (nSPS) is 18.9. The largest absolute Gasteiger partial charge is 0.447 e. The minimum absolute atomic E-state index is 0.153. The van der Waals surface area contributed by atoms with Gasteiger partial charge in [-0.3, -0.25) is 14.5 Å². The fourth-order valence-corrected chi connectivity index (χ4v) is 4.37. The van der Waals surface area contributed by atoms with E-state index in [1.165, 1.54) is 4.90 Å². The molecule has 0 aromatic heterocycles. The summed E-state index contributed by atoms with van der Waals surface area (Å²) >= 11 is 1.55. The predicted molar refractivity (Wildman–Crippen MR) is 107 cm³/mol. The van der Waals surface area contributed by atoms with Crippen molar-refractivity contribution < 1.29 is 19.1 Å². The molecule has 2 heterocycles. The minimum Gasteiger partial charge on any atom is -0.447 e. The molecule has 0 saturated carbocycles. The molecule has 2 saturated heterocycles. The molecule has 144 valence electrons. The zero-order valence-corrected chi connectivity index (χ0v) is 15.9. The van der Waals surface area contributed by atoms with Crippen LogP contribution in [-0.2, 0) is 9.53 Å². The molecule has 2 aliphatic heterocycles. The Bertz CT molecular complexity index is 905. The van der Waals surface area contributed by atoms with E-state index in [1.807, 2.05) is 6.07 Å². The van der Waals surface area contributed by atoms with E-state index in [9.17, 15) is 14.4 Å². The van der Waals surface area contributed by atoms with E-state index in [1.54, 1.807) is 65.2 Å². The van der Waals surface area contributed by atoms with Crippen LogP contribution in [0, 0.1) is 0 Å². The van der Waals surface area contributed by atoms with Crippen LogP contribution in [0.3, 0.4) is 0 Å². The maximum Gasteiger partial charge on any atom is 0.414 e. The molecule has 0 aliphatic carbocycles. The molecule has 4 rings (SSSR count). The van der Waals surface area contributed by atoms with Crippen LogP contribution in [0.1, 0.15) is 10.4 Å². The van der Waals surface area contributed by atoms with Crippen LogP contribution in [-0.4, -0.2) is 53.6 Å². The van der Waals surface area contributed by atoms with Crippen LogP contribution < -0.4 is 10.2 Å². The molecule has 1 atom stereocenters. The fraction of sp³-hybridized carbons (Fsp3) is 0.250. The lowest BCUT2D eigenvalue weighted by Crippen LogP contribution is -2.44. The first-order valence-electron chi connectivity index (χ1n) is 8.92. The molecule has 1 unspecified atom stereocenters. The summed E-state index contributed by atoms with van der Waals surface area (Å²) in [6, 6.07) is 15.5. The first kappa shape index (κ1) is 18.4. The molecule has 2 fully saturated rings. The molecule has 2 aromatic rings. The number of benzene rings is 2. The molecular weight excluding hydrogens is 378 g/mol. The van der Waals surface area contributed by atoms with Gasteiger partial charge in [0.25, 0.3) is 5.91 Å². The van der Waals surface area contributed by atoms with Crippen molar-refractivity contribution in [3.05, 3.63) is 60.2 Å². The highest BCUT2D eigenvalue weighted by Crippen LogP contribution is 2.26. The van der Waals surface area contributed by atoms with Crippen molar-refractivity contribution in [2.45, 2.75) is 6.04 Å². The predicted octanol–water partition coefficient (Wildman–Crippen LogP) is 2.80. The molecule has 7 nitrogen and oxygen atoms in total. The molecule has 2 aliphatic rings. The number of anilines is 2. The van der Waals surface area contributed by atoms with Gasteiger partial charge in [-0.25, -0.2) is 4.79 Å². The monoisotopic (exact) mass is 397 g/mol. The van der Waals surface area contributed by atoms with Crippen LogP contribution in [0.15, 0.2) is 54.6 Å². The van der Waals surface area contributed by atoms with Gasteiger partial charge in [-0.2, -0.15) is 0 Å². The highest BCUT2D eigenvalue weighted by molar-refractivity contribution is 7.99. The van der Waals surface area contributed by atoms with E-state index in [-0.39, 0.29) is 11.8 Å². The Morgan fingerprint density at radius 1 is 1.11 bits per heavy atom. The van der Waals surface area contributed by atoms with Crippen LogP contribution in [0.2, 0.25) is 0 Å². The molecule has 0 bridgehead atoms. The number of carbonyl (C=O) groups excluding carboxylic acids is 3. The number of hydrogen-bond donors (Lipinski definition) is 1. The Balaban J connectivity index is 1.47. The van der Waals surface area contributed by atoms with Crippen molar-refractivity contribution >= 4 is 41.0 Å². The van der Waals surface area contributed by atoms with Crippen LogP contribution in [0.5, 0.6) is 0 Å². The summed E-state index contributed by atoms with van der Waals surface area (Å²) in [7, 11) is 0. The summed E-state index contributed by atoms with van der Waals surface area (Å²) in [5.74, 6) is 0.628. The third kappa shape index (κ3) is 3.68. The fourth-order valence-electron chi connectivity index (χ4n) is 3.21. The number of amides is 3. The lowest BCUT2D eigenvalue weighted by Gasteiger charge is -2.23. The van der Waals surface area contributed by atoms with Crippen LogP contribution in [0.25, 0.3) is 0 Å². The minimum atomic E-state index is -0.543. The number of thioether (sulfide) groups is 1. The van der Waals surface area contributed by atoms with Gasteiger partial charge in [0.15, 0.2) is 0 Å². The number of nitrogens with zero attached hydrogens (tertiary/aromatic N) is 2. The Morgan fingerprint density at radius 2 is 1.93 bits per heavy atom. The van der Waals surface area contributed by atoms with Crippen LogP contribution in [0.4, 0.5) is 16.2 Å². The molecule has 2 aromatic carbocycles. The Labute approximate surface area is 166 Å². The average Bonchev–Trinajstić information content (AvgIpc) is 3.37. The van der Waals surface area contributed by atoms with E-state index in [0.717, 1.165) is 0 Å². The summed E-state index contributed by atoms with van der Waals surface area (Å²) in [5, 5.41) is 2.87. The number of carbonyl (C=O) groups is 3. The zero-order valence-electron chi connectivity index (χ0n) is 15.0. The van der Waals surface area contributed by atoms with Gasteiger partial charge in [-0.1, -0.05) is 24.3 Å². The topological polar surface area (TPSA) is 79.0 Å². The summed E-state index contributed by atoms with van der Waals surface area (Å²) in [5.41, 5.74) is 1.81. The highest BCUT2D eigenvalue weighted by atomic mass is 32.2. The molecule has 0 radical (unpaired) electrons. The SMILES string of the molecule is O=C(Nc1cccc(N2CCOC2=O)c1)C1CSCN1C(=O)c1ccccc1. The van der Waals surface area contributed by atoms with Gasteiger partial charge in [0, 0.05) is 22.7 Å². The smallest absolute Gasteiger partial charge is 0.414 e. The van der Waals surface area contributed by atoms with Crippen molar-refractivity contribution in [3.8, 4) is 0 Å². The van der Waals surface area contributed by atoms with Gasteiger partial charge in [0.2, 0.25) is 5.91 Å². The Morgan fingerprint density at radius 3 is 2.68 bits per heavy atom. The summed E-state index contributed by atoms with van der Waals surface area (Å²) in [6.45, 7) is 0.833. The van der Waals surface area contributed by atoms with Gasteiger partial charge >= 0.3 is 6.09 Å². The van der Waals surface area contributed by atoms with Gasteiger partial charge in [-0.05, 0) is 30.3 Å². The van der Waals surface area contributed by atoms with Crippen molar-refractivity contribution in [1.82, 2.24) is 4.90 Å². The van der Waals surface area contributed by atoms with Gasteiger partial charge in [0.05, 0.1) is 12.4 Å². The molecule has 3 amide bonds. The van der Waals surface area contributed by atoms with Crippen molar-refractivity contribution in [2.24, 2.45) is 0 Å². The summed E-state index contributed by atoms with van der Waals surface area (Å²) in [4.78, 5) is 40.4. The van der Waals surface area contributed by atoms with E-state index < -0.39 is 12.1 Å². The number of ether oxygens (including phenoxy) is 1. The molecular formula is C20H19N3O4S. The summed E-state index contributed by atoms with van der Waals surface area (Å²) in [6.07, 6.45) is -0.393. The van der Waals surface area contributed by atoms with E-state index in [0.29, 0.717) is 41.7 Å². The second-order valence-electron chi connectivity index (χ2n) is 6.46. The van der Waals surface area contributed by atoms with E-state index in [2.05, 4.69) is 5.32 Å². The number of cyclic esters (lactones) is 1. The second kappa shape index (κ2) is 7.93. The molecule has 28 heavy (non-hydrogen) atoms. The number of rotatable bonds is 4. The third-order valence-electron chi connectivity index (χ3n) is 4.65. The highest BCUT2D eigenvalue weighted by Gasteiger charge is 2.35. The molecule has 0 spiro atoms. The lowest BCUT2D eigenvalue weighted by molar-refractivity contribution is -0.119. The van der Waals surface area contributed by atoms with Gasteiger partial charge in [-0.15, -0.1) is 11.8 Å². The maximum atomic E-state index is 12.8. The van der Waals surface area contributed by atoms with Crippen LogP contribution >= 0.6 is 11.8 Å². The van der Waals surface area contributed by atoms with Crippen molar-refractivity contribution in [3.63, 3.8) is 0 Å². The number of hydrogen-bond acceptors (Lipinski definition) is 5. The quantitative estimate of drug-likeness (QED) is 0.858. The van der Waals surface area contributed by atoms with Gasteiger partial charge < -0.3 is 15.0 Å². The lowest BCUT2D eigenvalue weighted by atomic mass is 10.1. The first-order chi connectivity index (χ1) is 13.6. The van der Waals surface area contributed by atoms with Crippen molar-refractivity contribution in [1.29, 1.82) is 0 Å². The van der Waals surface area contributed by atoms with Gasteiger partial charge in [0.1, 0.15) is 12.6 Å². The Hall–Kier alpha value is -3.00.